The molecule has 3 aromatic rings. The zero-order chi connectivity index (χ0) is 22.4. The lowest BCUT2D eigenvalue weighted by atomic mass is 9.98. The van der Waals surface area contributed by atoms with E-state index in [1.807, 2.05) is 26.0 Å². The van der Waals surface area contributed by atoms with Crippen molar-refractivity contribution in [1.82, 2.24) is 15.5 Å². The third-order valence-corrected chi connectivity index (χ3v) is 5.98. The van der Waals surface area contributed by atoms with Gasteiger partial charge in [0.15, 0.2) is 0 Å². The summed E-state index contributed by atoms with van der Waals surface area (Å²) in [6, 6.07) is 13.2. The van der Waals surface area contributed by atoms with Crippen LogP contribution in [0.2, 0.25) is 5.02 Å². The van der Waals surface area contributed by atoms with Gasteiger partial charge in [-0.1, -0.05) is 55.3 Å². The molecule has 162 valence electrons. The molecule has 0 bridgehead atoms. The molecule has 0 aliphatic heterocycles. The fourth-order valence-corrected chi connectivity index (χ4v) is 3.80. The third kappa shape index (κ3) is 5.80. The quantitative estimate of drug-likeness (QED) is 0.512. The minimum absolute atomic E-state index is 0.0810. The lowest BCUT2D eigenvalue weighted by Crippen LogP contribution is -2.47. The molecular formula is C22H23ClN4O3S. The van der Waals surface area contributed by atoms with Crippen molar-refractivity contribution in [2.45, 2.75) is 26.3 Å². The van der Waals surface area contributed by atoms with Crippen molar-refractivity contribution < 1.29 is 14.3 Å². The summed E-state index contributed by atoms with van der Waals surface area (Å²) in [5.41, 5.74) is 1.26. The van der Waals surface area contributed by atoms with Crippen molar-refractivity contribution in [3.05, 3.63) is 59.1 Å². The molecule has 1 heterocycles. The van der Waals surface area contributed by atoms with E-state index in [9.17, 15) is 9.59 Å². The van der Waals surface area contributed by atoms with E-state index in [0.717, 1.165) is 5.56 Å². The number of benzene rings is 2. The van der Waals surface area contributed by atoms with Gasteiger partial charge < -0.3 is 10.1 Å². The number of hydrogen-bond acceptors (Lipinski definition) is 6. The molecule has 2 atom stereocenters. The minimum Gasteiger partial charge on any atom is -0.497 e. The van der Waals surface area contributed by atoms with Gasteiger partial charge in [-0.05, 0) is 42.3 Å². The molecule has 0 saturated heterocycles. The van der Waals surface area contributed by atoms with Crippen LogP contribution < -0.4 is 15.4 Å². The number of ether oxygens (including phenoxy) is 1. The maximum atomic E-state index is 13.0. The molecule has 0 saturated carbocycles. The number of nitrogens with zero attached hydrogens (tertiary/aromatic N) is 2. The van der Waals surface area contributed by atoms with Gasteiger partial charge in [0.25, 0.3) is 5.91 Å². The molecule has 0 spiro atoms. The number of aromatic nitrogens is 2. The van der Waals surface area contributed by atoms with Gasteiger partial charge in [0.2, 0.25) is 11.0 Å². The predicted molar refractivity (Wildman–Crippen MR) is 123 cm³/mol. The summed E-state index contributed by atoms with van der Waals surface area (Å²) in [7, 11) is 1.56. The van der Waals surface area contributed by atoms with E-state index >= 15 is 0 Å². The van der Waals surface area contributed by atoms with Crippen molar-refractivity contribution in [2.75, 3.05) is 12.4 Å². The van der Waals surface area contributed by atoms with Crippen LogP contribution in [0.1, 0.15) is 30.6 Å². The Morgan fingerprint density at radius 2 is 1.90 bits per heavy atom. The monoisotopic (exact) mass is 458 g/mol. The molecular weight excluding hydrogens is 436 g/mol. The first-order valence-electron chi connectivity index (χ1n) is 9.76. The second-order valence-electron chi connectivity index (χ2n) is 6.98. The number of carbonyl (C=O) groups is 2. The highest BCUT2D eigenvalue weighted by Gasteiger charge is 2.27. The number of hydrogen-bond donors (Lipinski definition) is 2. The van der Waals surface area contributed by atoms with Gasteiger partial charge in [0, 0.05) is 16.1 Å². The number of anilines is 1. The van der Waals surface area contributed by atoms with Gasteiger partial charge in [-0.2, -0.15) is 0 Å². The first kappa shape index (κ1) is 22.7. The summed E-state index contributed by atoms with van der Waals surface area (Å²) in [5, 5.41) is 15.4. The normalized spacial score (nSPS) is 12.6. The molecule has 0 fully saturated rings. The van der Waals surface area contributed by atoms with Crippen molar-refractivity contribution in [3.8, 4) is 16.3 Å². The summed E-state index contributed by atoms with van der Waals surface area (Å²) in [4.78, 5) is 25.6. The van der Waals surface area contributed by atoms with Crippen LogP contribution in [0, 0.1) is 5.92 Å². The Hall–Kier alpha value is -2.97. The average molecular weight is 459 g/mol. The average Bonchev–Trinajstić information content (AvgIpc) is 3.25. The van der Waals surface area contributed by atoms with E-state index in [1.54, 1.807) is 43.5 Å². The fourth-order valence-electron chi connectivity index (χ4n) is 2.86. The lowest BCUT2D eigenvalue weighted by molar-refractivity contribution is -0.119. The van der Waals surface area contributed by atoms with Crippen LogP contribution in [0.3, 0.4) is 0 Å². The van der Waals surface area contributed by atoms with E-state index in [1.165, 1.54) is 11.3 Å². The molecule has 1 aromatic heterocycles. The van der Waals surface area contributed by atoms with Crippen LogP contribution in [0.4, 0.5) is 5.13 Å². The van der Waals surface area contributed by atoms with Crippen LogP contribution in [0.15, 0.2) is 48.5 Å². The first-order chi connectivity index (χ1) is 14.9. The highest BCUT2D eigenvalue weighted by atomic mass is 35.5. The van der Waals surface area contributed by atoms with Gasteiger partial charge in [0.1, 0.15) is 16.8 Å². The molecule has 0 radical (unpaired) electrons. The predicted octanol–water partition coefficient (Wildman–Crippen LogP) is 4.65. The Labute approximate surface area is 189 Å². The smallest absolute Gasteiger partial charge is 0.251 e. The van der Waals surface area contributed by atoms with Crippen LogP contribution in [-0.2, 0) is 4.79 Å². The Morgan fingerprint density at radius 3 is 2.55 bits per heavy atom. The molecule has 2 amide bonds. The van der Waals surface area contributed by atoms with Crippen LogP contribution in [0.25, 0.3) is 10.6 Å². The molecule has 0 aliphatic rings. The number of methoxy groups -OCH3 is 1. The highest BCUT2D eigenvalue weighted by molar-refractivity contribution is 7.18. The van der Waals surface area contributed by atoms with E-state index < -0.39 is 6.04 Å². The van der Waals surface area contributed by atoms with E-state index in [0.29, 0.717) is 32.9 Å². The highest BCUT2D eigenvalue weighted by Crippen LogP contribution is 2.28. The van der Waals surface area contributed by atoms with Gasteiger partial charge in [-0.15, -0.1) is 10.2 Å². The Balaban J connectivity index is 1.72. The Bertz CT molecular complexity index is 1050. The minimum atomic E-state index is -0.724. The zero-order valence-electron chi connectivity index (χ0n) is 17.4. The van der Waals surface area contributed by atoms with Crippen molar-refractivity contribution in [3.63, 3.8) is 0 Å². The summed E-state index contributed by atoms with van der Waals surface area (Å²) >= 11 is 7.27. The van der Waals surface area contributed by atoms with Gasteiger partial charge in [0.05, 0.1) is 7.11 Å². The zero-order valence-corrected chi connectivity index (χ0v) is 19.0. The van der Waals surface area contributed by atoms with E-state index in [4.69, 9.17) is 16.3 Å². The molecule has 2 aromatic carbocycles. The van der Waals surface area contributed by atoms with Gasteiger partial charge >= 0.3 is 0 Å². The number of halogens is 1. The molecule has 2 unspecified atom stereocenters. The summed E-state index contributed by atoms with van der Waals surface area (Å²) in [5.74, 6) is -0.105. The number of nitrogens with one attached hydrogen (secondary N) is 2. The Kier molecular flexibility index (Phi) is 7.59. The SMILES string of the molecule is CCC(C)C(NC(=O)c1ccc(OC)cc1)C(=O)Nc1nnc(-c2cccc(Cl)c2)s1. The Morgan fingerprint density at radius 1 is 1.16 bits per heavy atom. The van der Waals surface area contributed by atoms with Crippen molar-refractivity contribution >= 4 is 39.9 Å². The summed E-state index contributed by atoms with van der Waals surface area (Å²) in [6.07, 6.45) is 0.713. The second kappa shape index (κ2) is 10.4. The largest absolute Gasteiger partial charge is 0.497 e. The third-order valence-electron chi connectivity index (χ3n) is 4.86. The molecule has 7 nitrogen and oxygen atoms in total. The van der Waals surface area contributed by atoms with Crippen molar-refractivity contribution in [2.24, 2.45) is 5.92 Å². The molecule has 3 rings (SSSR count). The van der Waals surface area contributed by atoms with E-state index in [-0.39, 0.29) is 17.7 Å². The first-order valence-corrected chi connectivity index (χ1v) is 11.0. The maximum absolute atomic E-state index is 13.0. The van der Waals surface area contributed by atoms with Gasteiger partial charge in [-0.25, -0.2) is 0 Å². The van der Waals surface area contributed by atoms with Gasteiger partial charge in [-0.3, -0.25) is 14.9 Å². The standard InChI is InChI=1S/C22H23ClN4O3S/c1-4-13(2)18(24-19(28)14-8-10-17(30-3)11-9-14)20(29)25-22-27-26-21(31-22)15-6-5-7-16(23)12-15/h5-13,18H,4H2,1-3H3,(H,24,28)(H,25,27,29). The maximum Gasteiger partial charge on any atom is 0.251 e. The summed E-state index contributed by atoms with van der Waals surface area (Å²) in [6.45, 7) is 3.88. The second-order valence-corrected chi connectivity index (χ2v) is 8.39. The number of carbonyl (C=O) groups excluding carboxylic acids is 2. The number of rotatable bonds is 8. The topological polar surface area (TPSA) is 93.2 Å². The molecule has 2 N–H and O–H groups in total. The molecule has 9 heteroatoms. The van der Waals surface area contributed by atoms with Crippen LogP contribution in [-0.4, -0.2) is 35.2 Å². The fraction of sp³-hybridized carbons (Fsp3) is 0.273. The van der Waals surface area contributed by atoms with E-state index in [2.05, 4.69) is 20.8 Å². The summed E-state index contributed by atoms with van der Waals surface area (Å²) < 4.78 is 5.12. The van der Waals surface area contributed by atoms with Crippen LogP contribution in [0.5, 0.6) is 5.75 Å². The van der Waals surface area contributed by atoms with Crippen LogP contribution >= 0.6 is 22.9 Å². The lowest BCUT2D eigenvalue weighted by Gasteiger charge is -2.23. The molecule has 31 heavy (non-hydrogen) atoms. The van der Waals surface area contributed by atoms with Crippen molar-refractivity contribution in [1.29, 1.82) is 0 Å². The molecule has 0 aliphatic carbocycles. The number of amides is 2.